The van der Waals surface area contributed by atoms with Crippen LogP contribution in [0.4, 0.5) is 0 Å². The van der Waals surface area contributed by atoms with E-state index in [9.17, 15) is 19.5 Å². The van der Waals surface area contributed by atoms with E-state index in [4.69, 9.17) is 10.2 Å². The van der Waals surface area contributed by atoms with Crippen molar-refractivity contribution in [1.82, 2.24) is 15.3 Å². The number of nitrogens with zero attached hydrogens (tertiary/aromatic N) is 1. The molecule has 0 saturated heterocycles. The van der Waals surface area contributed by atoms with E-state index in [1.807, 2.05) is 0 Å². The maximum Gasteiger partial charge on any atom is 0.262 e. The highest BCUT2D eigenvalue weighted by molar-refractivity contribution is 6.06. The average molecular weight is 280 g/mol. The number of carbonyl (C=O) groups is 2. The van der Waals surface area contributed by atoms with Gasteiger partial charge in [0.15, 0.2) is 0 Å². The van der Waals surface area contributed by atoms with Crippen LogP contribution in [-0.4, -0.2) is 39.5 Å². The monoisotopic (exact) mass is 280 g/mol. The third kappa shape index (κ3) is 2.38. The van der Waals surface area contributed by atoms with Crippen LogP contribution in [0, 0.1) is 6.92 Å². The molecular weight excluding hydrogens is 268 g/mol. The molecule has 2 amide bonds. The predicted octanol–water partition coefficient (Wildman–Crippen LogP) is -1.60. The topological polar surface area (TPSA) is 151 Å². The standard InChI is InChI=1S/C11H12N4O5/c1-4-6(9(18)13-2-5(16)8(12)17)7-10(19)14-3-15-11(7)20-4/h3,5,16H,2H2,1H3,(H2,12,17)(H,13,18)(H,14,15,19). The molecule has 0 fully saturated rings. The molecule has 0 spiro atoms. The number of rotatable bonds is 4. The molecule has 1 unspecified atom stereocenters. The first kappa shape index (κ1) is 13.7. The van der Waals surface area contributed by atoms with Crippen molar-refractivity contribution in [2.24, 2.45) is 5.73 Å². The van der Waals surface area contributed by atoms with Gasteiger partial charge in [0.2, 0.25) is 11.6 Å². The normalized spacial score (nSPS) is 12.3. The van der Waals surface area contributed by atoms with Crippen LogP contribution in [0.2, 0.25) is 0 Å². The Morgan fingerprint density at radius 3 is 2.95 bits per heavy atom. The number of nitrogens with one attached hydrogen (secondary N) is 2. The van der Waals surface area contributed by atoms with Crippen molar-refractivity contribution < 1.29 is 19.1 Å². The van der Waals surface area contributed by atoms with E-state index in [1.165, 1.54) is 6.92 Å². The number of amides is 2. The van der Waals surface area contributed by atoms with Crippen molar-refractivity contribution in [3.05, 3.63) is 28.0 Å². The summed E-state index contributed by atoms with van der Waals surface area (Å²) in [5.74, 6) is -1.42. The zero-order valence-electron chi connectivity index (χ0n) is 10.5. The molecule has 9 nitrogen and oxygen atoms in total. The highest BCUT2D eigenvalue weighted by atomic mass is 16.3. The van der Waals surface area contributed by atoms with E-state index < -0.39 is 23.5 Å². The van der Waals surface area contributed by atoms with Gasteiger partial charge in [-0.05, 0) is 6.92 Å². The molecular formula is C11H12N4O5. The third-order valence-corrected chi connectivity index (χ3v) is 2.68. The first-order chi connectivity index (χ1) is 9.41. The number of primary amides is 1. The summed E-state index contributed by atoms with van der Waals surface area (Å²) < 4.78 is 5.21. The minimum atomic E-state index is -1.51. The van der Waals surface area contributed by atoms with Crippen molar-refractivity contribution in [1.29, 1.82) is 0 Å². The fourth-order valence-electron chi connectivity index (χ4n) is 1.71. The summed E-state index contributed by atoms with van der Waals surface area (Å²) >= 11 is 0. The van der Waals surface area contributed by atoms with Gasteiger partial charge in [-0.25, -0.2) is 4.98 Å². The second-order valence-corrected chi connectivity index (χ2v) is 4.07. The molecule has 9 heteroatoms. The molecule has 0 bridgehead atoms. The molecule has 20 heavy (non-hydrogen) atoms. The molecule has 2 aromatic heterocycles. The number of H-pyrrole nitrogens is 1. The van der Waals surface area contributed by atoms with Gasteiger partial charge in [0, 0.05) is 0 Å². The summed E-state index contributed by atoms with van der Waals surface area (Å²) in [7, 11) is 0. The molecule has 1 atom stereocenters. The Kier molecular flexibility index (Phi) is 3.53. The number of aryl methyl sites for hydroxylation is 1. The van der Waals surface area contributed by atoms with Crippen LogP contribution >= 0.6 is 0 Å². The van der Waals surface area contributed by atoms with E-state index in [0.717, 1.165) is 6.33 Å². The lowest BCUT2D eigenvalue weighted by Crippen LogP contribution is -2.40. The SMILES string of the molecule is Cc1oc2nc[nH]c(=O)c2c1C(=O)NCC(O)C(N)=O. The maximum atomic E-state index is 12.0. The molecule has 2 aromatic rings. The highest BCUT2D eigenvalue weighted by Gasteiger charge is 2.22. The van der Waals surface area contributed by atoms with E-state index >= 15 is 0 Å². The van der Waals surface area contributed by atoms with Crippen LogP contribution in [0.5, 0.6) is 0 Å². The van der Waals surface area contributed by atoms with Gasteiger partial charge in [-0.1, -0.05) is 0 Å². The lowest BCUT2D eigenvalue weighted by Gasteiger charge is -2.07. The van der Waals surface area contributed by atoms with Gasteiger partial charge in [-0.3, -0.25) is 14.4 Å². The molecule has 2 rings (SSSR count). The Morgan fingerprint density at radius 2 is 2.30 bits per heavy atom. The zero-order valence-corrected chi connectivity index (χ0v) is 10.5. The highest BCUT2D eigenvalue weighted by Crippen LogP contribution is 2.19. The summed E-state index contributed by atoms with van der Waals surface area (Å²) in [6.45, 7) is 1.14. The molecule has 106 valence electrons. The first-order valence-corrected chi connectivity index (χ1v) is 5.64. The number of aliphatic hydroxyl groups is 1. The Labute approximate surface area is 111 Å². The lowest BCUT2D eigenvalue weighted by molar-refractivity contribution is -0.125. The molecule has 0 aliphatic carbocycles. The van der Waals surface area contributed by atoms with Crippen molar-refractivity contribution in [2.75, 3.05) is 6.54 Å². The average Bonchev–Trinajstić information content (AvgIpc) is 2.73. The number of aromatic amines is 1. The number of hydrogen-bond donors (Lipinski definition) is 4. The first-order valence-electron chi connectivity index (χ1n) is 5.64. The minimum Gasteiger partial charge on any atom is -0.442 e. The Balaban J connectivity index is 2.33. The number of aromatic nitrogens is 2. The van der Waals surface area contributed by atoms with E-state index in [2.05, 4.69) is 15.3 Å². The van der Waals surface area contributed by atoms with Crippen LogP contribution < -0.4 is 16.6 Å². The lowest BCUT2D eigenvalue weighted by atomic mass is 10.1. The number of nitrogens with two attached hydrogens (primary N) is 1. The number of aliphatic hydroxyl groups excluding tert-OH is 1. The number of furan rings is 1. The third-order valence-electron chi connectivity index (χ3n) is 2.68. The van der Waals surface area contributed by atoms with Gasteiger partial charge in [0.05, 0.1) is 18.4 Å². The molecule has 0 radical (unpaired) electrons. The van der Waals surface area contributed by atoms with Crippen molar-refractivity contribution >= 4 is 22.9 Å². The fraction of sp³-hybridized carbons (Fsp3) is 0.273. The number of hydrogen-bond acceptors (Lipinski definition) is 6. The van der Waals surface area contributed by atoms with E-state index in [0.29, 0.717) is 0 Å². The van der Waals surface area contributed by atoms with Gasteiger partial charge in [-0.15, -0.1) is 0 Å². The number of carbonyl (C=O) groups excluding carboxylic acids is 2. The fourth-order valence-corrected chi connectivity index (χ4v) is 1.71. The molecule has 0 aliphatic rings. The summed E-state index contributed by atoms with van der Waals surface area (Å²) in [4.78, 5) is 40.5. The van der Waals surface area contributed by atoms with Crippen LogP contribution in [0.3, 0.4) is 0 Å². The van der Waals surface area contributed by atoms with E-state index in [-0.39, 0.29) is 29.0 Å². The van der Waals surface area contributed by atoms with Gasteiger partial charge >= 0.3 is 0 Å². The van der Waals surface area contributed by atoms with E-state index in [1.54, 1.807) is 0 Å². The minimum absolute atomic E-state index is 0.00557. The van der Waals surface area contributed by atoms with Crippen LogP contribution in [-0.2, 0) is 4.79 Å². The van der Waals surface area contributed by atoms with Crippen molar-refractivity contribution in [3.8, 4) is 0 Å². The molecule has 0 aromatic carbocycles. The van der Waals surface area contributed by atoms with Gasteiger partial charge in [-0.2, -0.15) is 0 Å². The van der Waals surface area contributed by atoms with Gasteiger partial charge in [0.1, 0.15) is 17.3 Å². The summed E-state index contributed by atoms with van der Waals surface area (Å²) in [5.41, 5.74) is 4.38. The van der Waals surface area contributed by atoms with Gasteiger partial charge < -0.3 is 25.6 Å². The Hall–Kier alpha value is -2.68. The molecule has 2 heterocycles. The van der Waals surface area contributed by atoms with Crippen LogP contribution in [0.15, 0.2) is 15.5 Å². The smallest absolute Gasteiger partial charge is 0.262 e. The van der Waals surface area contributed by atoms with Crippen LogP contribution in [0.25, 0.3) is 11.1 Å². The quantitative estimate of drug-likeness (QED) is 0.529. The second-order valence-electron chi connectivity index (χ2n) is 4.07. The summed E-state index contributed by atoms with van der Waals surface area (Å²) in [5, 5.41) is 11.5. The molecule has 0 aliphatic heterocycles. The maximum absolute atomic E-state index is 12.0. The second kappa shape index (κ2) is 5.13. The number of fused-ring (bicyclic) bond motifs is 1. The Morgan fingerprint density at radius 1 is 1.60 bits per heavy atom. The summed E-state index contributed by atoms with van der Waals surface area (Å²) in [6, 6.07) is 0. The predicted molar refractivity (Wildman–Crippen MR) is 66.9 cm³/mol. The van der Waals surface area contributed by atoms with Crippen molar-refractivity contribution in [3.63, 3.8) is 0 Å². The molecule has 5 N–H and O–H groups in total. The Bertz CT molecular complexity index is 732. The van der Waals surface area contributed by atoms with Crippen LogP contribution in [0.1, 0.15) is 16.1 Å². The zero-order chi connectivity index (χ0) is 14.9. The van der Waals surface area contributed by atoms with Gasteiger partial charge in [0.25, 0.3) is 11.5 Å². The summed E-state index contributed by atoms with van der Waals surface area (Å²) in [6.07, 6.45) is -0.347. The molecule has 0 saturated carbocycles. The largest absolute Gasteiger partial charge is 0.442 e. The van der Waals surface area contributed by atoms with Crippen molar-refractivity contribution in [2.45, 2.75) is 13.0 Å².